The molecule has 0 aliphatic carbocycles. The van der Waals surface area contributed by atoms with Gasteiger partial charge in [-0.2, -0.15) is 0 Å². The predicted octanol–water partition coefficient (Wildman–Crippen LogP) is 7.04. The molecular weight excluding hydrogens is 877 g/mol. The zero-order valence-corrected chi connectivity index (χ0v) is 41.1. The minimum absolute atomic E-state index is 0.0818. The summed E-state index contributed by atoms with van der Waals surface area (Å²) in [7, 11) is 0. The van der Waals surface area contributed by atoms with Crippen LogP contribution in [0.1, 0.15) is 155 Å². The molecule has 0 spiro atoms. The molecule has 2 aliphatic heterocycles. The lowest BCUT2D eigenvalue weighted by Gasteiger charge is -2.42. The Morgan fingerprint density at radius 2 is 0.941 bits per heavy atom. The lowest BCUT2D eigenvalue weighted by molar-refractivity contribution is -0.332. The molecule has 0 aromatic heterocycles. The van der Waals surface area contributed by atoms with E-state index in [0.29, 0.717) is 19.3 Å². The van der Waals surface area contributed by atoms with Crippen molar-refractivity contribution in [2.45, 2.75) is 223 Å². The lowest BCUT2D eigenvalue weighted by atomic mass is 9.98. The van der Waals surface area contributed by atoms with Crippen molar-refractivity contribution in [1.82, 2.24) is 0 Å². The summed E-state index contributed by atoms with van der Waals surface area (Å²) in [5, 5.41) is 72.1. The highest BCUT2D eigenvalue weighted by Crippen LogP contribution is 2.26. The maximum absolute atomic E-state index is 13.0. The van der Waals surface area contributed by atoms with E-state index in [4.69, 9.17) is 28.4 Å². The van der Waals surface area contributed by atoms with Crippen LogP contribution in [0, 0.1) is 0 Å². The van der Waals surface area contributed by atoms with Crippen LogP contribution >= 0.6 is 0 Å². The van der Waals surface area contributed by atoms with Crippen molar-refractivity contribution in [1.29, 1.82) is 0 Å². The summed E-state index contributed by atoms with van der Waals surface area (Å²) in [6, 6.07) is 0. The van der Waals surface area contributed by atoms with E-state index in [1.807, 2.05) is 12.2 Å². The summed E-state index contributed by atoms with van der Waals surface area (Å²) in [6.45, 7) is 2.38. The van der Waals surface area contributed by atoms with Crippen LogP contribution in [0.3, 0.4) is 0 Å². The highest BCUT2D eigenvalue weighted by Gasteiger charge is 2.47. The third-order valence-corrected chi connectivity index (χ3v) is 11.7. The topological polar surface area (TPSA) is 231 Å². The normalized spacial score (nSPS) is 26.4. The Morgan fingerprint density at radius 3 is 1.51 bits per heavy atom. The van der Waals surface area contributed by atoms with Gasteiger partial charge in [0.2, 0.25) is 0 Å². The molecule has 0 saturated carbocycles. The molecule has 0 aromatic carbocycles. The Hall–Kier alpha value is -3.06. The lowest BCUT2D eigenvalue weighted by Crippen LogP contribution is -2.61. The number of carbonyl (C=O) groups excluding carboxylic acids is 2. The summed E-state index contributed by atoms with van der Waals surface area (Å²) >= 11 is 0. The third-order valence-electron chi connectivity index (χ3n) is 11.7. The number of esters is 2. The van der Waals surface area contributed by atoms with Crippen LogP contribution in [-0.4, -0.2) is 142 Å². The fraction of sp³-hybridized carbons (Fsp3) is 0.736. The van der Waals surface area contributed by atoms with Crippen molar-refractivity contribution < 1.29 is 73.8 Å². The quantitative estimate of drug-likeness (QED) is 0.0187. The van der Waals surface area contributed by atoms with E-state index >= 15 is 0 Å². The van der Waals surface area contributed by atoms with Crippen molar-refractivity contribution in [2.75, 3.05) is 26.4 Å². The minimum atomic E-state index is -1.78. The van der Waals surface area contributed by atoms with Gasteiger partial charge in [-0.05, 0) is 77.0 Å². The Kier molecular flexibility index (Phi) is 35.6. The Bertz CT molecular complexity index is 1460. The van der Waals surface area contributed by atoms with E-state index in [-0.39, 0.29) is 19.4 Å². The Morgan fingerprint density at radius 1 is 0.485 bits per heavy atom. The van der Waals surface area contributed by atoms with Gasteiger partial charge in [0.15, 0.2) is 18.7 Å². The van der Waals surface area contributed by atoms with Crippen molar-refractivity contribution >= 4 is 11.9 Å². The van der Waals surface area contributed by atoms with Crippen molar-refractivity contribution in [2.24, 2.45) is 0 Å². The van der Waals surface area contributed by atoms with E-state index < -0.39 is 99.3 Å². The molecule has 0 aromatic rings. The van der Waals surface area contributed by atoms with Gasteiger partial charge in [0.25, 0.3) is 0 Å². The van der Waals surface area contributed by atoms with E-state index in [1.54, 1.807) is 0 Å². The van der Waals surface area contributed by atoms with Gasteiger partial charge in [-0.25, -0.2) is 0 Å². The average molecular weight is 965 g/mol. The van der Waals surface area contributed by atoms with Gasteiger partial charge in [-0.15, -0.1) is 0 Å². The molecule has 7 N–H and O–H groups in total. The fourth-order valence-corrected chi connectivity index (χ4v) is 7.48. The minimum Gasteiger partial charge on any atom is -0.462 e. The van der Waals surface area contributed by atoms with Crippen LogP contribution in [0.5, 0.6) is 0 Å². The average Bonchev–Trinajstić information content (AvgIpc) is 3.33. The van der Waals surface area contributed by atoms with E-state index in [0.717, 1.165) is 70.6 Å². The first kappa shape index (κ1) is 61.1. The number of unbranched alkanes of at least 4 members (excludes halogenated alkanes) is 12. The predicted molar refractivity (Wildman–Crippen MR) is 261 cm³/mol. The first-order valence-electron chi connectivity index (χ1n) is 25.5. The SMILES string of the molecule is CC/C=C/C/C=C/C/C=C/C/C=C/C/C=C/CCCC(=O)O[C@H](COC(=O)CCCCCCC/C=C/CCCCCCCC)CO[C@H]1O[C@@H](CO[C@H]2O[C@@H](CO)[C@@H](O)C(O)C2O)[C@@H](O)C(O)C1O. The number of aliphatic hydroxyl groups is 7. The molecule has 15 nitrogen and oxygen atoms in total. The van der Waals surface area contributed by atoms with Gasteiger partial charge in [-0.3, -0.25) is 9.59 Å². The molecular formula is C53H88O15. The van der Waals surface area contributed by atoms with E-state index in [1.165, 1.54) is 38.5 Å². The van der Waals surface area contributed by atoms with Gasteiger partial charge in [0.1, 0.15) is 55.4 Å². The number of allylic oxidation sites excluding steroid dienone is 12. The summed E-state index contributed by atoms with van der Waals surface area (Å²) in [5.74, 6) is -1.01. The first-order chi connectivity index (χ1) is 33.0. The van der Waals surface area contributed by atoms with Gasteiger partial charge in [0.05, 0.1) is 19.8 Å². The highest BCUT2D eigenvalue weighted by atomic mass is 16.7. The Labute approximate surface area is 406 Å². The number of carbonyl (C=O) groups is 2. The molecule has 15 heteroatoms. The van der Waals surface area contributed by atoms with Crippen LogP contribution in [0.4, 0.5) is 0 Å². The zero-order chi connectivity index (χ0) is 49.6. The molecule has 2 heterocycles. The smallest absolute Gasteiger partial charge is 0.306 e. The van der Waals surface area contributed by atoms with Gasteiger partial charge >= 0.3 is 11.9 Å². The number of hydrogen-bond acceptors (Lipinski definition) is 15. The second kappa shape index (κ2) is 39.6. The van der Waals surface area contributed by atoms with Gasteiger partial charge < -0.3 is 64.2 Å². The largest absolute Gasteiger partial charge is 0.462 e. The summed E-state index contributed by atoms with van der Waals surface area (Å²) in [5.41, 5.74) is 0. The van der Waals surface area contributed by atoms with Crippen molar-refractivity contribution in [3.8, 4) is 0 Å². The Balaban J connectivity index is 1.85. The standard InChI is InChI=1S/C53H88O15/c1-3-5-7-9-11-13-15-17-19-20-22-24-26-28-30-32-34-36-45(56)66-41(38-63-44(55)35-33-31-29-27-25-23-21-18-16-14-12-10-8-6-4-2)39-64-52-51(62)49(60)47(58)43(68-52)40-65-53-50(61)48(59)46(57)42(37-54)67-53/h5,7,11,13,17-19,21-22,24,28,30,41-43,46-54,57-62H,3-4,6,8-10,12,14-16,20,23,25-27,29,31-40H2,1-2H3/b7-5+,13-11+,19-17+,21-18+,24-22+,30-28+/t41-,42+,43+,46-,47-,48?,49?,50?,51?,52+,53+/m1/s1. The van der Waals surface area contributed by atoms with Crippen molar-refractivity contribution in [3.63, 3.8) is 0 Å². The van der Waals surface area contributed by atoms with Gasteiger partial charge in [0, 0.05) is 12.8 Å². The van der Waals surface area contributed by atoms with Crippen molar-refractivity contribution in [3.05, 3.63) is 72.9 Å². The molecule has 11 atom stereocenters. The van der Waals surface area contributed by atoms with Crippen LogP contribution in [-0.2, 0) is 38.0 Å². The van der Waals surface area contributed by atoms with E-state index in [2.05, 4.69) is 74.6 Å². The van der Waals surface area contributed by atoms with Gasteiger partial charge in [-0.1, -0.05) is 138 Å². The maximum atomic E-state index is 13.0. The van der Waals surface area contributed by atoms with E-state index in [9.17, 15) is 45.3 Å². The summed E-state index contributed by atoms with van der Waals surface area (Å²) in [4.78, 5) is 25.7. The molecule has 0 amide bonds. The number of aliphatic hydroxyl groups excluding tert-OH is 7. The molecule has 2 saturated heterocycles. The molecule has 2 aliphatic rings. The zero-order valence-electron chi connectivity index (χ0n) is 41.1. The molecule has 2 fully saturated rings. The molecule has 390 valence electrons. The fourth-order valence-electron chi connectivity index (χ4n) is 7.48. The summed E-state index contributed by atoms with van der Waals surface area (Å²) in [6.07, 6.45) is 29.4. The first-order valence-corrected chi connectivity index (χ1v) is 25.5. The molecule has 0 bridgehead atoms. The van der Waals surface area contributed by atoms with Crippen LogP contribution in [0.2, 0.25) is 0 Å². The maximum Gasteiger partial charge on any atom is 0.306 e. The van der Waals surface area contributed by atoms with Crippen LogP contribution in [0.15, 0.2) is 72.9 Å². The molecule has 68 heavy (non-hydrogen) atoms. The molecule has 4 unspecified atom stereocenters. The van der Waals surface area contributed by atoms with Crippen LogP contribution < -0.4 is 0 Å². The highest BCUT2D eigenvalue weighted by molar-refractivity contribution is 5.70. The molecule has 0 radical (unpaired) electrons. The second-order valence-corrected chi connectivity index (χ2v) is 17.6. The van der Waals surface area contributed by atoms with Crippen LogP contribution in [0.25, 0.3) is 0 Å². The summed E-state index contributed by atoms with van der Waals surface area (Å²) < 4.78 is 33.5. The number of ether oxygens (including phenoxy) is 6. The number of rotatable bonds is 38. The monoisotopic (exact) mass is 965 g/mol. The number of hydrogen-bond donors (Lipinski definition) is 7. The second-order valence-electron chi connectivity index (χ2n) is 17.6. The molecule has 2 rings (SSSR count). The third kappa shape index (κ3) is 27.4.